The highest BCUT2D eigenvalue weighted by molar-refractivity contribution is 5.85. The van der Waals surface area contributed by atoms with Crippen LogP contribution in [-0.2, 0) is 11.3 Å². The van der Waals surface area contributed by atoms with Crippen molar-refractivity contribution in [1.82, 2.24) is 4.90 Å². The lowest BCUT2D eigenvalue weighted by atomic mass is 9.94. The van der Waals surface area contributed by atoms with Crippen molar-refractivity contribution >= 4 is 18.3 Å². The summed E-state index contributed by atoms with van der Waals surface area (Å²) in [5.41, 5.74) is 6.90. The summed E-state index contributed by atoms with van der Waals surface area (Å²) in [7, 11) is 0. The number of benzene rings is 1. The monoisotopic (exact) mass is 378 g/mol. The molecule has 1 amide bonds. The number of halogens is 1. The van der Waals surface area contributed by atoms with Crippen LogP contribution in [-0.4, -0.2) is 29.0 Å². The molecular weight excluding hydrogens is 352 g/mol. The summed E-state index contributed by atoms with van der Waals surface area (Å²) in [5, 5.41) is 10.5. The van der Waals surface area contributed by atoms with E-state index in [0.717, 1.165) is 24.8 Å². The molecule has 1 aliphatic carbocycles. The molecule has 26 heavy (non-hydrogen) atoms. The van der Waals surface area contributed by atoms with Gasteiger partial charge < -0.3 is 20.2 Å². The Morgan fingerprint density at radius 3 is 2.65 bits per heavy atom. The van der Waals surface area contributed by atoms with E-state index in [1.807, 2.05) is 30.3 Å². The fourth-order valence-electron chi connectivity index (χ4n) is 3.69. The second kappa shape index (κ2) is 9.76. The molecular formula is C20H27ClN2O3. The molecule has 1 saturated carbocycles. The highest BCUT2D eigenvalue weighted by Gasteiger charge is 2.35. The van der Waals surface area contributed by atoms with Crippen LogP contribution in [0, 0.1) is 11.8 Å². The molecule has 0 aliphatic heterocycles. The smallest absolute Gasteiger partial charge is 0.226 e. The molecule has 1 unspecified atom stereocenters. The number of aliphatic hydroxyl groups is 1. The lowest BCUT2D eigenvalue weighted by Gasteiger charge is -2.29. The summed E-state index contributed by atoms with van der Waals surface area (Å²) >= 11 is 0. The predicted octanol–water partition coefficient (Wildman–Crippen LogP) is 3.14. The number of amides is 1. The molecule has 1 heterocycles. The summed E-state index contributed by atoms with van der Waals surface area (Å²) < 4.78 is 5.29. The normalized spacial score (nSPS) is 20.4. The van der Waals surface area contributed by atoms with Crippen LogP contribution in [0.1, 0.15) is 36.7 Å². The van der Waals surface area contributed by atoms with Gasteiger partial charge in [-0.15, -0.1) is 12.4 Å². The van der Waals surface area contributed by atoms with E-state index in [1.165, 1.54) is 6.26 Å². The Morgan fingerprint density at radius 1 is 1.23 bits per heavy atom. The van der Waals surface area contributed by atoms with Gasteiger partial charge in [0.25, 0.3) is 0 Å². The molecule has 142 valence electrons. The number of carbonyl (C=O) groups excluding carboxylic acids is 1. The highest BCUT2D eigenvalue weighted by Crippen LogP contribution is 2.33. The van der Waals surface area contributed by atoms with E-state index in [1.54, 1.807) is 17.0 Å². The summed E-state index contributed by atoms with van der Waals surface area (Å²) in [6.45, 7) is 1.23. The molecule has 1 aromatic carbocycles. The molecule has 0 radical (unpaired) electrons. The Balaban J connectivity index is 0.00000243. The van der Waals surface area contributed by atoms with Crippen molar-refractivity contribution < 1.29 is 14.3 Å². The van der Waals surface area contributed by atoms with E-state index < -0.39 is 6.10 Å². The highest BCUT2D eigenvalue weighted by atomic mass is 35.5. The molecule has 6 heteroatoms. The van der Waals surface area contributed by atoms with Crippen molar-refractivity contribution in [2.24, 2.45) is 17.6 Å². The van der Waals surface area contributed by atoms with E-state index in [2.05, 4.69) is 0 Å². The molecule has 1 aromatic heterocycles. The van der Waals surface area contributed by atoms with Gasteiger partial charge in [0.1, 0.15) is 11.9 Å². The molecule has 0 spiro atoms. The van der Waals surface area contributed by atoms with E-state index in [9.17, 15) is 9.90 Å². The van der Waals surface area contributed by atoms with Crippen molar-refractivity contribution in [2.45, 2.75) is 31.9 Å². The van der Waals surface area contributed by atoms with E-state index in [4.69, 9.17) is 10.2 Å². The standard InChI is InChI=1S/C20H26N2O3.ClH/c21-12-16-8-4-9-17(16)20(24)22(13-15-6-2-1-3-7-15)14-18(23)19-10-5-11-25-19;/h1-3,5-7,10-11,16-18,23H,4,8-9,12-14,21H2;1H/t16-,17-,18?;/m1./s1. The van der Waals surface area contributed by atoms with Gasteiger partial charge in [0.05, 0.1) is 12.8 Å². The van der Waals surface area contributed by atoms with Gasteiger partial charge in [-0.3, -0.25) is 4.79 Å². The maximum Gasteiger partial charge on any atom is 0.226 e. The fourth-order valence-corrected chi connectivity index (χ4v) is 3.69. The summed E-state index contributed by atoms with van der Waals surface area (Å²) in [6.07, 6.45) is 3.62. The van der Waals surface area contributed by atoms with Crippen LogP contribution in [0.4, 0.5) is 0 Å². The topological polar surface area (TPSA) is 79.7 Å². The van der Waals surface area contributed by atoms with Crippen molar-refractivity contribution in [3.05, 3.63) is 60.1 Å². The Hall–Kier alpha value is -1.82. The number of aliphatic hydroxyl groups excluding tert-OH is 1. The average Bonchev–Trinajstić information content (AvgIpc) is 3.32. The first-order valence-corrected chi connectivity index (χ1v) is 8.93. The van der Waals surface area contributed by atoms with E-state index >= 15 is 0 Å². The van der Waals surface area contributed by atoms with Crippen molar-refractivity contribution in [1.29, 1.82) is 0 Å². The predicted molar refractivity (Wildman–Crippen MR) is 103 cm³/mol. The van der Waals surface area contributed by atoms with Gasteiger partial charge in [0.2, 0.25) is 5.91 Å². The molecule has 0 saturated heterocycles. The van der Waals surface area contributed by atoms with Crippen LogP contribution >= 0.6 is 12.4 Å². The van der Waals surface area contributed by atoms with Crippen LogP contribution in [0.2, 0.25) is 0 Å². The summed E-state index contributed by atoms with van der Waals surface area (Å²) in [5.74, 6) is 0.763. The van der Waals surface area contributed by atoms with Crippen molar-refractivity contribution in [3.63, 3.8) is 0 Å². The Kier molecular flexibility index (Phi) is 7.69. The molecule has 1 aliphatic rings. The van der Waals surface area contributed by atoms with Crippen LogP contribution in [0.25, 0.3) is 0 Å². The van der Waals surface area contributed by atoms with Crippen molar-refractivity contribution in [3.8, 4) is 0 Å². The lowest BCUT2D eigenvalue weighted by Crippen LogP contribution is -2.40. The van der Waals surface area contributed by atoms with Gasteiger partial charge in [-0.25, -0.2) is 0 Å². The number of nitrogens with zero attached hydrogens (tertiary/aromatic N) is 1. The van der Waals surface area contributed by atoms with Gasteiger partial charge in [0.15, 0.2) is 0 Å². The first-order valence-electron chi connectivity index (χ1n) is 8.93. The van der Waals surface area contributed by atoms with E-state index in [-0.39, 0.29) is 36.7 Å². The van der Waals surface area contributed by atoms with Gasteiger partial charge in [-0.1, -0.05) is 36.8 Å². The minimum Gasteiger partial charge on any atom is -0.467 e. The zero-order valence-electron chi connectivity index (χ0n) is 14.8. The number of hydrogen-bond donors (Lipinski definition) is 2. The Bertz CT molecular complexity index is 663. The van der Waals surface area contributed by atoms with Crippen molar-refractivity contribution in [2.75, 3.05) is 13.1 Å². The summed E-state index contributed by atoms with van der Waals surface area (Å²) in [4.78, 5) is 14.9. The van der Waals surface area contributed by atoms with Gasteiger partial charge in [-0.05, 0) is 43.0 Å². The molecule has 5 nitrogen and oxygen atoms in total. The number of furan rings is 1. The number of hydrogen-bond acceptors (Lipinski definition) is 4. The molecule has 3 N–H and O–H groups in total. The third-order valence-electron chi connectivity index (χ3n) is 5.07. The Labute approximate surface area is 160 Å². The van der Waals surface area contributed by atoms with Crippen LogP contribution in [0.5, 0.6) is 0 Å². The SMILES string of the molecule is Cl.NC[C@H]1CCC[C@H]1C(=O)N(Cc1ccccc1)CC(O)c1ccco1. The number of rotatable bonds is 7. The van der Waals surface area contributed by atoms with Gasteiger partial charge in [0, 0.05) is 12.5 Å². The van der Waals surface area contributed by atoms with E-state index in [0.29, 0.717) is 18.8 Å². The third kappa shape index (κ3) is 4.87. The quantitative estimate of drug-likeness (QED) is 0.775. The Morgan fingerprint density at radius 2 is 2.00 bits per heavy atom. The molecule has 0 bridgehead atoms. The minimum atomic E-state index is -0.833. The molecule has 3 atom stereocenters. The maximum atomic E-state index is 13.2. The molecule has 3 rings (SSSR count). The largest absolute Gasteiger partial charge is 0.467 e. The van der Waals surface area contributed by atoms with Crippen LogP contribution < -0.4 is 5.73 Å². The first kappa shape index (κ1) is 20.5. The third-order valence-corrected chi connectivity index (χ3v) is 5.07. The lowest BCUT2D eigenvalue weighted by molar-refractivity contribution is -0.139. The zero-order chi connectivity index (χ0) is 17.6. The second-order valence-corrected chi connectivity index (χ2v) is 6.77. The first-order chi connectivity index (χ1) is 12.2. The summed E-state index contributed by atoms with van der Waals surface area (Å²) in [6, 6.07) is 13.3. The number of nitrogens with two attached hydrogens (primary N) is 1. The average molecular weight is 379 g/mol. The minimum absolute atomic E-state index is 0. The van der Waals surface area contributed by atoms with Gasteiger partial charge >= 0.3 is 0 Å². The zero-order valence-corrected chi connectivity index (χ0v) is 15.6. The fraction of sp³-hybridized carbons (Fsp3) is 0.450. The maximum absolute atomic E-state index is 13.2. The number of carbonyl (C=O) groups is 1. The van der Waals surface area contributed by atoms with Crippen LogP contribution in [0.15, 0.2) is 53.1 Å². The van der Waals surface area contributed by atoms with Crippen LogP contribution in [0.3, 0.4) is 0 Å². The molecule has 2 aromatic rings. The second-order valence-electron chi connectivity index (χ2n) is 6.77. The molecule has 1 fully saturated rings. The van der Waals surface area contributed by atoms with Gasteiger partial charge in [-0.2, -0.15) is 0 Å².